The molecule has 0 saturated carbocycles. The standard InChI is InChI=1S/2C18H30O4S.Ca/c2*1-2-3-4-5-6-7-8-9-10-11-12-16-13-14-17(19)15-18(16)23(20,21)22;/h2*13-15,19H,2-12H2,1H3,(H,20,21,22);/q;;+2/p-2. The average molecular weight is 723 g/mol. The summed E-state index contributed by atoms with van der Waals surface area (Å²) >= 11 is 0. The number of unbranched alkanes of at least 4 members (excludes halogenated alkanes) is 18. The van der Waals surface area contributed by atoms with Gasteiger partial charge in [0.15, 0.2) is 0 Å². The molecular formula is C36H58CaO8S2. The SMILES string of the molecule is CCCCCCCCCCCCc1ccc(O)cc1S(=O)(=O)O.CCCCCCCCCCCCc1ccc([O-])cc1S(=O)(=O)[O-].[Ca+2]. The summed E-state index contributed by atoms with van der Waals surface area (Å²) in [7, 11) is -8.85. The number of aromatic hydroxyl groups is 1. The molecule has 8 nitrogen and oxygen atoms in total. The van der Waals surface area contributed by atoms with Gasteiger partial charge in [0.05, 0.1) is 4.90 Å². The Kier molecular flexibility index (Phi) is 26.4. The monoisotopic (exact) mass is 722 g/mol. The van der Waals surface area contributed by atoms with Crippen molar-refractivity contribution < 1.29 is 36.2 Å². The van der Waals surface area contributed by atoms with Crippen LogP contribution >= 0.6 is 0 Å². The summed E-state index contributed by atoms with van der Waals surface area (Å²) in [5.41, 5.74) is 1.05. The van der Waals surface area contributed by atoms with E-state index in [4.69, 9.17) is 0 Å². The molecule has 0 atom stereocenters. The van der Waals surface area contributed by atoms with Crippen molar-refractivity contribution in [1.82, 2.24) is 0 Å². The molecule has 0 amide bonds. The van der Waals surface area contributed by atoms with Crippen molar-refractivity contribution in [3.05, 3.63) is 47.5 Å². The maximum atomic E-state index is 11.3. The molecule has 0 saturated heterocycles. The van der Waals surface area contributed by atoms with Gasteiger partial charge in [-0.1, -0.05) is 154 Å². The Balaban J connectivity index is 0.000000882. The molecule has 0 aromatic heterocycles. The van der Waals surface area contributed by atoms with Crippen LogP contribution in [0.3, 0.4) is 0 Å². The zero-order valence-corrected chi connectivity index (χ0v) is 32.7. The molecule has 0 aliphatic rings. The summed E-state index contributed by atoms with van der Waals surface area (Å²) in [4.78, 5) is -0.519. The fourth-order valence-electron chi connectivity index (χ4n) is 5.57. The van der Waals surface area contributed by atoms with Crippen molar-refractivity contribution in [1.29, 1.82) is 0 Å². The average Bonchev–Trinajstić information content (AvgIpc) is 2.99. The van der Waals surface area contributed by atoms with Gasteiger partial charge in [-0.3, -0.25) is 4.55 Å². The largest absolute Gasteiger partial charge is 2.00 e. The van der Waals surface area contributed by atoms with Crippen LogP contribution in [-0.4, -0.2) is 68.8 Å². The van der Waals surface area contributed by atoms with E-state index in [1.54, 1.807) is 6.07 Å². The zero-order valence-electron chi connectivity index (χ0n) is 28.9. The van der Waals surface area contributed by atoms with E-state index >= 15 is 0 Å². The van der Waals surface area contributed by atoms with Crippen LogP contribution in [0.2, 0.25) is 0 Å². The maximum absolute atomic E-state index is 11.3. The number of rotatable bonds is 24. The molecule has 2 N–H and O–H groups in total. The van der Waals surface area contributed by atoms with Gasteiger partial charge in [-0.15, -0.1) is 5.75 Å². The van der Waals surface area contributed by atoms with Gasteiger partial charge < -0.3 is 14.8 Å². The Morgan fingerprint density at radius 2 is 0.915 bits per heavy atom. The van der Waals surface area contributed by atoms with Crippen molar-refractivity contribution in [2.45, 2.75) is 165 Å². The molecule has 0 radical (unpaired) electrons. The molecule has 0 fully saturated rings. The summed E-state index contributed by atoms with van der Waals surface area (Å²) in [6.07, 6.45) is 25.4. The number of hydrogen-bond acceptors (Lipinski definition) is 7. The fourth-order valence-corrected chi connectivity index (χ4v) is 7.09. The molecule has 0 aliphatic heterocycles. The molecule has 2 aromatic rings. The molecule has 0 spiro atoms. The van der Waals surface area contributed by atoms with E-state index in [1.165, 1.54) is 108 Å². The molecule has 0 unspecified atom stereocenters. The second-order valence-corrected chi connectivity index (χ2v) is 15.1. The van der Waals surface area contributed by atoms with Crippen LogP contribution in [0.4, 0.5) is 0 Å². The van der Waals surface area contributed by atoms with Gasteiger partial charge in [0.25, 0.3) is 10.1 Å². The first-order valence-corrected chi connectivity index (χ1v) is 20.3. The van der Waals surface area contributed by atoms with Crippen molar-refractivity contribution in [2.24, 2.45) is 0 Å². The van der Waals surface area contributed by atoms with Crippen LogP contribution < -0.4 is 5.11 Å². The van der Waals surface area contributed by atoms with E-state index < -0.39 is 26.0 Å². The summed E-state index contributed by atoms with van der Waals surface area (Å²) < 4.78 is 65.5. The number of hydrogen-bond donors (Lipinski definition) is 2. The number of phenols is 1. The van der Waals surface area contributed by atoms with Crippen LogP contribution in [0, 0.1) is 0 Å². The second-order valence-electron chi connectivity index (χ2n) is 12.4. The van der Waals surface area contributed by atoms with Gasteiger partial charge in [-0.05, 0) is 42.9 Å². The Morgan fingerprint density at radius 1 is 0.553 bits per heavy atom. The third-order valence-electron chi connectivity index (χ3n) is 8.24. The Morgan fingerprint density at radius 3 is 1.30 bits per heavy atom. The van der Waals surface area contributed by atoms with Gasteiger partial charge in [-0.25, -0.2) is 8.42 Å². The third-order valence-corrected chi connectivity index (χ3v) is 10.1. The minimum absolute atomic E-state index is 0. The number of aryl methyl sites for hydroxylation is 2. The molecular weight excluding hydrogens is 665 g/mol. The van der Waals surface area contributed by atoms with Crippen molar-refractivity contribution in [3.63, 3.8) is 0 Å². The van der Waals surface area contributed by atoms with Gasteiger partial charge in [0.1, 0.15) is 20.8 Å². The van der Waals surface area contributed by atoms with E-state index in [9.17, 15) is 36.2 Å². The predicted octanol–water partition coefficient (Wildman–Crippen LogP) is 8.85. The van der Waals surface area contributed by atoms with Crippen molar-refractivity contribution in [2.75, 3.05) is 0 Å². The minimum atomic E-state index is -4.57. The number of benzene rings is 2. The van der Waals surface area contributed by atoms with E-state index in [0.29, 0.717) is 24.0 Å². The molecule has 2 rings (SSSR count). The van der Waals surface area contributed by atoms with Gasteiger partial charge >= 0.3 is 37.7 Å². The second kappa shape index (κ2) is 26.9. The van der Waals surface area contributed by atoms with Gasteiger partial charge in [0.2, 0.25) is 0 Å². The number of phenolic OH excluding ortho intramolecular Hbond substituents is 1. The maximum Gasteiger partial charge on any atom is 2.00 e. The first-order chi connectivity index (χ1) is 21.9. The molecule has 47 heavy (non-hydrogen) atoms. The van der Waals surface area contributed by atoms with Crippen molar-refractivity contribution in [3.8, 4) is 11.5 Å². The molecule has 2 aromatic carbocycles. The first-order valence-electron chi connectivity index (χ1n) is 17.4. The molecule has 11 heteroatoms. The summed E-state index contributed by atoms with van der Waals surface area (Å²) in [5.74, 6) is -0.587. The van der Waals surface area contributed by atoms with E-state index in [0.717, 1.165) is 50.7 Å². The fraction of sp³-hybridized carbons (Fsp3) is 0.667. The Labute approximate surface area is 315 Å². The molecule has 264 valence electrons. The summed E-state index contributed by atoms with van der Waals surface area (Å²) in [6.45, 7) is 4.44. The topological polar surface area (TPSA) is 155 Å². The van der Waals surface area contributed by atoms with Crippen molar-refractivity contribution >= 4 is 58.0 Å². The summed E-state index contributed by atoms with van der Waals surface area (Å²) in [6, 6.07) is 7.88. The third kappa shape index (κ3) is 22.5. The van der Waals surface area contributed by atoms with E-state index in [1.807, 2.05) is 0 Å². The Bertz CT molecular complexity index is 1210. The van der Waals surface area contributed by atoms with Gasteiger partial charge in [-0.2, -0.15) is 8.42 Å². The summed E-state index contributed by atoms with van der Waals surface area (Å²) in [5, 5.41) is 20.6. The quantitative estimate of drug-likeness (QED) is 0.0619. The molecule has 0 bridgehead atoms. The van der Waals surface area contributed by atoms with Crippen LogP contribution in [-0.2, 0) is 33.1 Å². The van der Waals surface area contributed by atoms with Crippen LogP contribution in [0.25, 0.3) is 0 Å². The van der Waals surface area contributed by atoms with Gasteiger partial charge in [0, 0.05) is 6.07 Å². The van der Waals surface area contributed by atoms with Crippen LogP contribution in [0.15, 0.2) is 46.2 Å². The van der Waals surface area contributed by atoms with Crippen LogP contribution in [0.5, 0.6) is 11.5 Å². The normalized spacial score (nSPS) is 11.5. The zero-order chi connectivity index (χ0) is 34.3. The minimum Gasteiger partial charge on any atom is -0.872 e. The smallest absolute Gasteiger partial charge is 0.872 e. The molecule has 0 aliphatic carbocycles. The molecule has 0 heterocycles. The Hall–Kier alpha value is -0.880. The van der Waals surface area contributed by atoms with Crippen LogP contribution in [0.1, 0.15) is 153 Å². The first kappa shape index (κ1) is 46.1. The van der Waals surface area contributed by atoms with E-state index in [2.05, 4.69) is 13.8 Å². The van der Waals surface area contributed by atoms with E-state index in [-0.39, 0.29) is 53.3 Å². The predicted molar refractivity (Wildman–Crippen MR) is 189 cm³/mol.